The zero-order chi connectivity index (χ0) is 20.4. The summed E-state index contributed by atoms with van der Waals surface area (Å²) in [6.45, 7) is 5.97. The van der Waals surface area contributed by atoms with Crippen molar-refractivity contribution < 1.29 is 17.9 Å². The van der Waals surface area contributed by atoms with E-state index in [1.165, 1.54) is 51.8 Å². The molecule has 1 heterocycles. The number of nitrogens with one attached hydrogen (secondary N) is 1. The molecular weight excluding hydrogens is 368 g/mol. The zero-order valence-corrected chi connectivity index (χ0v) is 17.1. The maximum atomic E-state index is 12.5. The molecule has 27 heavy (non-hydrogen) atoms. The Labute approximate surface area is 159 Å². The molecule has 9 heteroatoms. The first-order valence-electron chi connectivity index (χ1n) is 8.21. The molecule has 0 bridgehead atoms. The highest BCUT2D eigenvalue weighted by atomic mass is 32.2. The Bertz CT molecular complexity index is 933. The van der Waals surface area contributed by atoms with E-state index in [1.807, 2.05) is 20.8 Å². The maximum absolute atomic E-state index is 12.5. The molecule has 0 radical (unpaired) electrons. The number of anilines is 1. The van der Waals surface area contributed by atoms with Crippen molar-refractivity contribution in [1.82, 2.24) is 14.3 Å². The van der Waals surface area contributed by atoms with Crippen LogP contribution < -0.4 is 10.1 Å². The summed E-state index contributed by atoms with van der Waals surface area (Å²) in [6, 6.07) is 4.23. The van der Waals surface area contributed by atoms with Crippen LogP contribution in [0.1, 0.15) is 37.0 Å². The predicted octanol–water partition coefficient (Wildman–Crippen LogP) is 2.29. The standard InChI is InChI=1S/C18H24N4O4S/c1-18(2,3)17-19-10-13(11-20-17)21-16(23)12-7-8-14(26-6)15(9-12)27(24,25)22(4)5/h7-11H,1-6H3,(H,21,23). The summed E-state index contributed by atoms with van der Waals surface area (Å²) in [5, 5.41) is 2.67. The summed E-state index contributed by atoms with van der Waals surface area (Å²) in [5.41, 5.74) is 0.394. The maximum Gasteiger partial charge on any atom is 0.255 e. The average molecular weight is 392 g/mol. The first-order valence-corrected chi connectivity index (χ1v) is 9.65. The number of hydrogen-bond donors (Lipinski definition) is 1. The fourth-order valence-electron chi connectivity index (χ4n) is 2.20. The molecule has 0 saturated heterocycles. The Balaban J connectivity index is 2.32. The third kappa shape index (κ3) is 4.61. The van der Waals surface area contributed by atoms with Crippen molar-refractivity contribution in [3.05, 3.63) is 42.0 Å². The Kier molecular flexibility index (Phi) is 5.86. The van der Waals surface area contributed by atoms with Crippen LogP contribution >= 0.6 is 0 Å². The van der Waals surface area contributed by atoms with Crippen LogP contribution in [0.4, 0.5) is 5.69 Å². The van der Waals surface area contributed by atoms with Gasteiger partial charge in [0.2, 0.25) is 10.0 Å². The molecular formula is C18H24N4O4S. The van der Waals surface area contributed by atoms with Gasteiger partial charge >= 0.3 is 0 Å². The summed E-state index contributed by atoms with van der Waals surface area (Å²) in [4.78, 5) is 21.0. The lowest BCUT2D eigenvalue weighted by Crippen LogP contribution is -2.23. The van der Waals surface area contributed by atoms with E-state index >= 15 is 0 Å². The minimum Gasteiger partial charge on any atom is -0.495 e. The predicted molar refractivity (Wildman–Crippen MR) is 103 cm³/mol. The van der Waals surface area contributed by atoms with Crippen LogP contribution in [0.2, 0.25) is 0 Å². The number of carbonyl (C=O) groups is 1. The lowest BCUT2D eigenvalue weighted by molar-refractivity contribution is 0.102. The lowest BCUT2D eigenvalue weighted by Gasteiger charge is -2.16. The van der Waals surface area contributed by atoms with Crippen molar-refractivity contribution in [3.8, 4) is 5.75 Å². The first kappa shape index (κ1) is 20.8. The van der Waals surface area contributed by atoms with Gasteiger partial charge in [0.25, 0.3) is 5.91 Å². The van der Waals surface area contributed by atoms with Gasteiger partial charge in [-0.05, 0) is 18.2 Å². The Morgan fingerprint density at radius 2 is 1.74 bits per heavy atom. The first-order chi connectivity index (χ1) is 12.5. The minimum atomic E-state index is -3.77. The summed E-state index contributed by atoms with van der Waals surface area (Å²) in [5.74, 6) is 0.349. The largest absolute Gasteiger partial charge is 0.495 e. The number of methoxy groups -OCH3 is 1. The fourth-order valence-corrected chi connectivity index (χ4v) is 3.27. The quantitative estimate of drug-likeness (QED) is 0.838. The number of sulfonamides is 1. The van der Waals surface area contributed by atoms with Gasteiger partial charge in [-0.25, -0.2) is 22.7 Å². The number of rotatable bonds is 5. The summed E-state index contributed by atoms with van der Waals surface area (Å²) in [6.07, 6.45) is 3.04. The van der Waals surface area contributed by atoms with E-state index < -0.39 is 15.9 Å². The summed E-state index contributed by atoms with van der Waals surface area (Å²) in [7, 11) is 0.431. The van der Waals surface area contributed by atoms with Crippen LogP contribution in [0.3, 0.4) is 0 Å². The number of nitrogens with zero attached hydrogens (tertiary/aromatic N) is 3. The van der Waals surface area contributed by atoms with Crippen molar-refractivity contribution in [2.24, 2.45) is 0 Å². The molecule has 1 amide bonds. The third-order valence-electron chi connectivity index (χ3n) is 3.76. The van der Waals surface area contributed by atoms with Gasteiger partial charge in [-0.1, -0.05) is 20.8 Å². The number of carbonyl (C=O) groups excluding carboxylic acids is 1. The van der Waals surface area contributed by atoms with Crippen molar-refractivity contribution in [2.75, 3.05) is 26.5 Å². The molecule has 1 N–H and O–H groups in total. The Morgan fingerprint density at radius 3 is 2.22 bits per heavy atom. The molecule has 8 nitrogen and oxygen atoms in total. The molecule has 0 spiro atoms. The second-order valence-corrected chi connectivity index (χ2v) is 9.27. The average Bonchev–Trinajstić information content (AvgIpc) is 2.60. The van der Waals surface area contributed by atoms with E-state index in [-0.39, 0.29) is 21.6 Å². The molecule has 0 aliphatic carbocycles. The van der Waals surface area contributed by atoms with Crippen LogP contribution in [0.15, 0.2) is 35.5 Å². The van der Waals surface area contributed by atoms with Gasteiger partial charge in [0, 0.05) is 25.1 Å². The smallest absolute Gasteiger partial charge is 0.255 e. The van der Waals surface area contributed by atoms with Crippen molar-refractivity contribution >= 4 is 21.6 Å². The van der Waals surface area contributed by atoms with E-state index in [0.29, 0.717) is 11.5 Å². The number of hydrogen-bond acceptors (Lipinski definition) is 6. The van der Waals surface area contributed by atoms with Gasteiger partial charge in [0.15, 0.2) is 0 Å². The van der Waals surface area contributed by atoms with Gasteiger partial charge in [0.05, 0.1) is 25.2 Å². The van der Waals surface area contributed by atoms with Crippen molar-refractivity contribution in [2.45, 2.75) is 31.1 Å². The van der Waals surface area contributed by atoms with Crippen LogP contribution in [-0.4, -0.2) is 49.8 Å². The van der Waals surface area contributed by atoms with Gasteiger partial charge in [-0.15, -0.1) is 0 Å². The molecule has 0 fully saturated rings. The molecule has 0 aliphatic rings. The van der Waals surface area contributed by atoms with Crippen LogP contribution in [0, 0.1) is 0 Å². The molecule has 1 aromatic heterocycles. The zero-order valence-electron chi connectivity index (χ0n) is 16.3. The second-order valence-electron chi connectivity index (χ2n) is 7.15. The van der Waals surface area contributed by atoms with E-state index in [2.05, 4.69) is 15.3 Å². The molecule has 2 aromatic rings. The molecule has 0 unspecified atom stereocenters. The number of benzene rings is 1. The van der Waals surface area contributed by atoms with Gasteiger partial charge < -0.3 is 10.1 Å². The Hall–Kier alpha value is -2.52. The lowest BCUT2D eigenvalue weighted by atomic mass is 9.96. The highest BCUT2D eigenvalue weighted by Gasteiger charge is 2.24. The SMILES string of the molecule is COc1ccc(C(=O)Nc2cnc(C(C)(C)C)nc2)cc1S(=O)(=O)N(C)C. The molecule has 0 aliphatic heterocycles. The molecule has 2 rings (SSSR count). The monoisotopic (exact) mass is 392 g/mol. The summed E-state index contributed by atoms with van der Waals surface area (Å²) < 4.78 is 31.1. The Morgan fingerprint density at radius 1 is 1.15 bits per heavy atom. The van der Waals surface area contributed by atoms with E-state index in [0.717, 1.165) is 4.31 Å². The van der Waals surface area contributed by atoms with E-state index in [9.17, 15) is 13.2 Å². The van der Waals surface area contributed by atoms with Gasteiger partial charge in [0.1, 0.15) is 16.5 Å². The van der Waals surface area contributed by atoms with Crippen LogP contribution in [-0.2, 0) is 15.4 Å². The van der Waals surface area contributed by atoms with Crippen molar-refractivity contribution in [3.63, 3.8) is 0 Å². The second kappa shape index (κ2) is 7.61. The van der Waals surface area contributed by atoms with Crippen LogP contribution in [0.5, 0.6) is 5.75 Å². The highest BCUT2D eigenvalue weighted by Crippen LogP contribution is 2.27. The minimum absolute atomic E-state index is 0.0815. The van der Waals surface area contributed by atoms with Gasteiger partial charge in [-0.3, -0.25) is 4.79 Å². The van der Waals surface area contributed by atoms with Crippen molar-refractivity contribution in [1.29, 1.82) is 0 Å². The molecule has 1 aromatic carbocycles. The molecule has 146 valence electrons. The van der Waals surface area contributed by atoms with E-state index in [1.54, 1.807) is 0 Å². The number of ether oxygens (including phenoxy) is 1. The number of amides is 1. The fraction of sp³-hybridized carbons (Fsp3) is 0.389. The third-order valence-corrected chi connectivity index (χ3v) is 5.60. The molecule has 0 saturated carbocycles. The van der Waals surface area contributed by atoms with Crippen LogP contribution in [0.25, 0.3) is 0 Å². The molecule has 0 atom stereocenters. The topological polar surface area (TPSA) is 101 Å². The highest BCUT2D eigenvalue weighted by molar-refractivity contribution is 7.89. The van der Waals surface area contributed by atoms with E-state index in [4.69, 9.17) is 4.74 Å². The van der Waals surface area contributed by atoms with Gasteiger partial charge in [-0.2, -0.15) is 0 Å². The number of aromatic nitrogens is 2. The summed E-state index contributed by atoms with van der Waals surface area (Å²) >= 11 is 0. The normalized spacial score (nSPS) is 12.1.